The van der Waals surface area contributed by atoms with Crippen molar-refractivity contribution in [2.24, 2.45) is 0 Å². The third kappa shape index (κ3) is 5.18. The Labute approximate surface area is 208 Å². The van der Waals surface area contributed by atoms with Crippen molar-refractivity contribution >= 4 is 17.2 Å². The van der Waals surface area contributed by atoms with Gasteiger partial charge in [-0.15, -0.1) is 0 Å². The van der Waals surface area contributed by atoms with Gasteiger partial charge in [-0.25, -0.2) is 4.79 Å². The minimum Gasteiger partial charge on any atom is -0.466 e. The van der Waals surface area contributed by atoms with Crippen molar-refractivity contribution in [3.8, 4) is 0 Å². The molecule has 2 heterocycles. The van der Waals surface area contributed by atoms with E-state index in [-0.39, 0.29) is 11.6 Å². The number of carbonyl (C=O) groups excluding carboxylic acids is 1. The lowest BCUT2D eigenvalue weighted by atomic mass is 9.80. The standard InChI is InChI=1S/C26H27N5O5/c1-16-22(25-28-21(29-36-25)15-30(3)14-18-9-6-5-7-10-18)24(23(17(2)27-16)26(32)35-4)19-11-8-12-20(13-19)31(33)34/h5-13,24,27H,14-15H2,1-4H3. The molecule has 3 aromatic rings. The Kier molecular flexibility index (Phi) is 7.25. The molecule has 0 amide bonds. The molecular weight excluding hydrogens is 462 g/mol. The summed E-state index contributed by atoms with van der Waals surface area (Å²) in [5, 5.41) is 18.8. The van der Waals surface area contributed by atoms with Crippen LogP contribution in [-0.2, 0) is 22.6 Å². The lowest BCUT2D eigenvalue weighted by Gasteiger charge is -2.29. The fourth-order valence-electron chi connectivity index (χ4n) is 4.43. The zero-order valence-corrected chi connectivity index (χ0v) is 20.5. The summed E-state index contributed by atoms with van der Waals surface area (Å²) in [6.45, 7) is 4.74. The van der Waals surface area contributed by atoms with E-state index in [4.69, 9.17) is 9.26 Å². The Morgan fingerprint density at radius 1 is 1.14 bits per heavy atom. The van der Waals surface area contributed by atoms with Gasteiger partial charge in [-0.3, -0.25) is 15.0 Å². The van der Waals surface area contributed by atoms with E-state index in [1.165, 1.54) is 19.2 Å². The Balaban J connectivity index is 1.70. The molecule has 4 rings (SSSR count). The van der Waals surface area contributed by atoms with Gasteiger partial charge < -0.3 is 14.6 Å². The predicted molar refractivity (Wildman–Crippen MR) is 132 cm³/mol. The molecule has 36 heavy (non-hydrogen) atoms. The Morgan fingerprint density at radius 3 is 2.58 bits per heavy atom. The maximum absolute atomic E-state index is 12.8. The van der Waals surface area contributed by atoms with Crippen molar-refractivity contribution in [1.29, 1.82) is 0 Å². The quantitative estimate of drug-likeness (QED) is 0.282. The highest BCUT2D eigenvalue weighted by molar-refractivity contribution is 5.96. The highest BCUT2D eigenvalue weighted by Gasteiger charge is 2.37. The van der Waals surface area contributed by atoms with E-state index in [2.05, 4.69) is 20.4 Å². The first-order valence-corrected chi connectivity index (χ1v) is 11.3. The lowest BCUT2D eigenvalue weighted by Crippen LogP contribution is -2.28. The first kappa shape index (κ1) is 24.8. The van der Waals surface area contributed by atoms with Crippen molar-refractivity contribution in [3.05, 3.63) is 105 Å². The van der Waals surface area contributed by atoms with E-state index >= 15 is 0 Å². The molecule has 0 aliphatic carbocycles. The number of hydrogen-bond donors (Lipinski definition) is 1. The molecule has 0 spiro atoms. The van der Waals surface area contributed by atoms with E-state index in [1.54, 1.807) is 19.1 Å². The van der Waals surface area contributed by atoms with Gasteiger partial charge in [-0.05, 0) is 32.0 Å². The summed E-state index contributed by atoms with van der Waals surface area (Å²) >= 11 is 0. The zero-order chi connectivity index (χ0) is 25.8. The number of nitrogens with one attached hydrogen (secondary N) is 1. The van der Waals surface area contributed by atoms with Crippen LogP contribution in [-0.4, -0.2) is 40.1 Å². The molecule has 2 aromatic carbocycles. The summed E-state index contributed by atoms with van der Waals surface area (Å²) in [4.78, 5) is 30.5. The molecule has 10 heteroatoms. The summed E-state index contributed by atoms with van der Waals surface area (Å²) in [5.74, 6) is -0.543. The first-order chi connectivity index (χ1) is 17.3. The second-order valence-corrected chi connectivity index (χ2v) is 8.65. The van der Waals surface area contributed by atoms with Gasteiger partial charge in [0.15, 0.2) is 5.82 Å². The van der Waals surface area contributed by atoms with Crippen LogP contribution in [0, 0.1) is 10.1 Å². The summed E-state index contributed by atoms with van der Waals surface area (Å²) in [6.07, 6.45) is 0. The lowest BCUT2D eigenvalue weighted by molar-refractivity contribution is -0.384. The number of esters is 1. The topological polar surface area (TPSA) is 124 Å². The monoisotopic (exact) mass is 489 g/mol. The number of dihydropyridines is 1. The number of hydrogen-bond acceptors (Lipinski definition) is 9. The van der Waals surface area contributed by atoms with Crippen molar-refractivity contribution in [1.82, 2.24) is 20.4 Å². The van der Waals surface area contributed by atoms with Gasteiger partial charge in [0.25, 0.3) is 11.6 Å². The SMILES string of the molecule is COC(=O)C1=C(C)NC(C)=C(c2nc(CN(C)Cc3ccccc3)no2)C1c1cccc([N+](=O)[O-])c1. The van der Waals surface area contributed by atoms with Crippen LogP contribution in [0.3, 0.4) is 0 Å². The number of nitro benzene ring substituents is 1. The molecular formula is C26H27N5O5. The summed E-state index contributed by atoms with van der Waals surface area (Å²) in [6, 6.07) is 16.2. The number of nitro groups is 1. The highest BCUT2D eigenvalue weighted by Crippen LogP contribution is 2.43. The molecule has 0 saturated heterocycles. The van der Waals surface area contributed by atoms with E-state index in [0.717, 1.165) is 5.56 Å². The minimum atomic E-state index is -0.700. The van der Waals surface area contributed by atoms with Gasteiger partial charge in [-0.1, -0.05) is 47.6 Å². The van der Waals surface area contributed by atoms with Gasteiger partial charge in [0, 0.05) is 35.6 Å². The van der Waals surface area contributed by atoms with E-state index in [9.17, 15) is 14.9 Å². The molecule has 0 bridgehead atoms. The van der Waals surface area contributed by atoms with Crippen LogP contribution in [0.25, 0.3) is 5.57 Å². The number of carbonyl (C=O) groups is 1. The highest BCUT2D eigenvalue weighted by atomic mass is 16.6. The van der Waals surface area contributed by atoms with Gasteiger partial charge in [-0.2, -0.15) is 4.98 Å². The third-order valence-corrected chi connectivity index (χ3v) is 5.99. The summed E-state index contributed by atoms with van der Waals surface area (Å²) in [5.41, 5.74) is 3.78. The number of methoxy groups -OCH3 is 1. The average molecular weight is 490 g/mol. The number of benzene rings is 2. The number of aromatic nitrogens is 2. The van der Waals surface area contributed by atoms with Crippen LogP contribution in [0.4, 0.5) is 5.69 Å². The fourth-order valence-corrected chi connectivity index (χ4v) is 4.43. The van der Waals surface area contributed by atoms with Crippen LogP contribution >= 0.6 is 0 Å². The number of rotatable bonds is 8. The number of ether oxygens (including phenoxy) is 1. The van der Waals surface area contributed by atoms with E-state index in [1.807, 2.05) is 44.3 Å². The van der Waals surface area contributed by atoms with Gasteiger partial charge in [0.2, 0.25) is 0 Å². The molecule has 1 aliphatic heterocycles. The third-order valence-electron chi connectivity index (χ3n) is 5.99. The maximum atomic E-state index is 12.8. The van der Waals surface area contributed by atoms with Crippen LogP contribution in [0.15, 0.2) is 76.1 Å². The molecule has 0 fully saturated rings. The molecule has 1 aromatic heterocycles. The number of nitrogens with zero attached hydrogens (tertiary/aromatic N) is 4. The largest absolute Gasteiger partial charge is 0.466 e. The van der Waals surface area contributed by atoms with E-state index in [0.29, 0.717) is 47.0 Å². The normalized spacial score (nSPS) is 15.8. The van der Waals surface area contributed by atoms with Gasteiger partial charge in [0.05, 0.1) is 30.1 Å². The maximum Gasteiger partial charge on any atom is 0.336 e. The van der Waals surface area contributed by atoms with Crippen LogP contribution in [0.1, 0.15) is 42.6 Å². The Hall–Kier alpha value is -4.31. The molecule has 1 unspecified atom stereocenters. The minimum absolute atomic E-state index is 0.0846. The van der Waals surface area contributed by atoms with Crippen molar-refractivity contribution in [2.75, 3.05) is 14.2 Å². The van der Waals surface area contributed by atoms with Crippen LogP contribution < -0.4 is 5.32 Å². The first-order valence-electron chi connectivity index (χ1n) is 11.3. The second-order valence-electron chi connectivity index (χ2n) is 8.65. The molecule has 10 nitrogen and oxygen atoms in total. The fraction of sp³-hybridized carbons (Fsp3) is 0.269. The molecule has 1 atom stereocenters. The van der Waals surface area contributed by atoms with Gasteiger partial charge >= 0.3 is 5.97 Å². The smallest absolute Gasteiger partial charge is 0.336 e. The van der Waals surface area contributed by atoms with Crippen molar-refractivity contribution in [3.63, 3.8) is 0 Å². The van der Waals surface area contributed by atoms with Crippen molar-refractivity contribution in [2.45, 2.75) is 32.9 Å². The summed E-state index contributed by atoms with van der Waals surface area (Å²) in [7, 11) is 3.26. The van der Waals surface area contributed by atoms with Crippen LogP contribution in [0.2, 0.25) is 0 Å². The van der Waals surface area contributed by atoms with Gasteiger partial charge in [0.1, 0.15) is 0 Å². The average Bonchev–Trinajstić information content (AvgIpc) is 3.31. The number of non-ortho nitro benzene ring substituents is 1. The van der Waals surface area contributed by atoms with Crippen molar-refractivity contribution < 1.29 is 19.0 Å². The van der Waals surface area contributed by atoms with Crippen LogP contribution in [0.5, 0.6) is 0 Å². The molecule has 0 radical (unpaired) electrons. The number of allylic oxidation sites excluding steroid dienone is 3. The Morgan fingerprint density at radius 2 is 1.89 bits per heavy atom. The molecule has 1 N–H and O–H groups in total. The summed E-state index contributed by atoms with van der Waals surface area (Å²) < 4.78 is 10.7. The van der Waals surface area contributed by atoms with E-state index < -0.39 is 16.8 Å². The zero-order valence-electron chi connectivity index (χ0n) is 20.5. The Bertz CT molecular complexity index is 1350. The molecule has 1 aliphatic rings. The predicted octanol–water partition coefficient (Wildman–Crippen LogP) is 4.17. The second kappa shape index (κ2) is 10.5. The molecule has 0 saturated carbocycles. The molecule has 186 valence electrons.